The van der Waals surface area contributed by atoms with Gasteiger partial charge in [-0.1, -0.05) is 36.4 Å². The molecule has 0 spiro atoms. The fraction of sp³-hybridized carbons (Fsp3) is 0.0526. The molecule has 1 aromatic heterocycles. The lowest BCUT2D eigenvalue weighted by atomic mass is 10.1. The molecule has 0 radical (unpaired) electrons. The van der Waals surface area contributed by atoms with Crippen LogP contribution >= 0.6 is 0 Å². The third-order valence-electron chi connectivity index (χ3n) is 4.17. The number of hydrogen-bond donors (Lipinski definition) is 1. The van der Waals surface area contributed by atoms with Gasteiger partial charge in [0.05, 0.1) is 0 Å². The molecule has 1 aliphatic rings. The topological polar surface area (TPSA) is 69.4 Å². The summed E-state index contributed by atoms with van der Waals surface area (Å²) in [6, 6.07) is 19.2. The molecule has 0 saturated carbocycles. The van der Waals surface area contributed by atoms with E-state index in [-0.39, 0.29) is 12.5 Å². The van der Waals surface area contributed by atoms with Gasteiger partial charge >= 0.3 is 0 Å². The quantitative estimate of drug-likeness (QED) is 0.608. The fourth-order valence-corrected chi connectivity index (χ4v) is 2.91. The average Bonchev–Trinajstić information content (AvgIpc) is 3.26. The van der Waals surface area contributed by atoms with Crippen molar-refractivity contribution in [1.82, 2.24) is 15.0 Å². The maximum Gasteiger partial charge on any atom is 0.231 e. The third-order valence-corrected chi connectivity index (χ3v) is 4.17. The number of aromatic hydroxyl groups is 1. The maximum atomic E-state index is 10.2. The van der Waals surface area contributed by atoms with Gasteiger partial charge in [-0.25, -0.2) is 0 Å². The Morgan fingerprint density at radius 1 is 0.800 bits per heavy atom. The Morgan fingerprint density at radius 2 is 1.56 bits per heavy atom. The van der Waals surface area contributed by atoms with E-state index in [0.29, 0.717) is 17.2 Å². The summed E-state index contributed by atoms with van der Waals surface area (Å²) < 4.78 is 10.6. The minimum Gasteiger partial charge on any atom is -0.505 e. The van der Waals surface area contributed by atoms with Gasteiger partial charge in [0, 0.05) is 12.1 Å². The molecule has 0 bridgehead atoms. The number of hydrogen-bond acceptors (Lipinski definition) is 5. The predicted molar refractivity (Wildman–Crippen MR) is 92.1 cm³/mol. The van der Waals surface area contributed by atoms with E-state index in [2.05, 4.69) is 22.3 Å². The van der Waals surface area contributed by atoms with Crippen molar-refractivity contribution < 1.29 is 14.6 Å². The highest BCUT2D eigenvalue weighted by molar-refractivity contribution is 5.81. The van der Waals surface area contributed by atoms with Crippen molar-refractivity contribution in [1.29, 1.82) is 0 Å². The van der Waals surface area contributed by atoms with Crippen LogP contribution in [0.3, 0.4) is 0 Å². The first-order valence-corrected chi connectivity index (χ1v) is 7.83. The number of aromatic nitrogens is 3. The van der Waals surface area contributed by atoms with Crippen LogP contribution in [-0.2, 0) is 0 Å². The van der Waals surface area contributed by atoms with E-state index in [0.717, 1.165) is 22.2 Å². The highest BCUT2D eigenvalue weighted by Crippen LogP contribution is 2.39. The van der Waals surface area contributed by atoms with Gasteiger partial charge in [-0.2, -0.15) is 0 Å². The van der Waals surface area contributed by atoms with Crippen LogP contribution in [0.25, 0.3) is 27.8 Å². The van der Waals surface area contributed by atoms with E-state index in [1.165, 1.54) is 10.9 Å². The molecule has 0 saturated heterocycles. The largest absolute Gasteiger partial charge is 0.505 e. The maximum absolute atomic E-state index is 10.2. The van der Waals surface area contributed by atoms with Crippen LogP contribution < -0.4 is 9.47 Å². The second kappa shape index (κ2) is 5.24. The first kappa shape index (κ1) is 13.9. The highest BCUT2D eigenvalue weighted by Gasteiger charge is 2.19. The average molecular weight is 331 g/mol. The summed E-state index contributed by atoms with van der Waals surface area (Å²) in [5.74, 6) is 1.12. The SMILES string of the molecule is Oc1cc2c(cc1-n1nc3ccc(-c4ccccc4)cc3n1)OCO2. The summed E-state index contributed by atoms with van der Waals surface area (Å²) in [6.07, 6.45) is 0. The lowest BCUT2D eigenvalue weighted by Crippen LogP contribution is -1.99. The normalized spacial score (nSPS) is 12.6. The van der Waals surface area contributed by atoms with Crippen molar-refractivity contribution in [2.75, 3.05) is 6.79 Å². The number of phenols is 1. The summed E-state index contributed by atoms with van der Waals surface area (Å²) in [5.41, 5.74) is 4.12. The minimum atomic E-state index is 0.0350. The zero-order valence-electron chi connectivity index (χ0n) is 13.1. The van der Waals surface area contributed by atoms with Crippen LogP contribution in [0.1, 0.15) is 0 Å². The molecule has 1 aliphatic heterocycles. The van der Waals surface area contributed by atoms with Gasteiger partial charge < -0.3 is 14.6 Å². The summed E-state index contributed by atoms with van der Waals surface area (Å²) in [4.78, 5) is 1.41. The number of ether oxygens (including phenoxy) is 2. The molecule has 3 aromatic carbocycles. The van der Waals surface area contributed by atoms with Crippen LogP contribution in [0.4, 0.5) is 0 Å². The fourth-order valence-electron chi connectivity index (χ4n) is 2.91. The predicted octanol–water partition coefficient (Wildman–Crippen LogP) is 3.52. The Hall–Kier alpha value is -3.54. The zero-order valence-corrected chi connectivity index (χ0v) is 13.1. The second-order valence-corrected chi connectivity index (χ2v) is 5.75. The molecule has 0 fully saturated rings. The lowest BCUT2D eigenvalue weighted by Gasteiger charge is -2.04. The van der Waals surface area contributed by atoms with Gasteiger partial charge in [0.1, 0.15) is 22.5 Å². The Labute approximate surface area is 142 Å². The molecule has 25 heavy (non-hydrogen) atoms. The van der Waals surface area contributed by atoms with Crippen molar-refractivity contribution in [3.63, 3.8) is 0 Å². The van der Waals surface area contributed by atoms with Crippen LogP contribution in [0.15, 0.2) is 60.7 Å². The van der Waals surface area contributed by atoms with Crippen LogP contribution in [0, 0.1) is 0 Å². The van der Waals surface area contributed by atoms with Crippen molar-refractivity contribution in [2.45, 2.75) is 0 Å². The smallest absolute Gasteiger partial charge is 0.231 e. The molecule has 2 heterocycles. The summed E-state index contributed by atoms with van der Waals surface area (Å²) in [5, 5.41) is 19.2. The Kier molecular flexibility index (Phi) is 2.90. The lowest BCUT2D eigenvalue weighted by molar-refractivity contribution is 0.174. The highest BCUT2D eigenvalue weighted by atomic mass is 16.7. The Bertz CT molecular complexity index is 1090. The molecule has 0 aliphatic carbocycles. The van der Waals surface area contributed by atoms with E-state index < -0.39 is 0 Å². The summed E-state index contributed by atoms with van der Waals surface area (Å²) >= 11 is 0. The van der Waals surface area contributed by atoms with E-state index in [1.54, 1.807) is 6.07 Å². The summed E-state index contributed by atoms with van der Waals surface area (Å²) in [7, 11) is 0. The molecule has 0 amide bonds. The van der Waals surface area contributed by atoms with Gasteiger partial charge in [-0.15, -0.1) is 15.0 Å². The first-order chi connectivity index (χ1) is 12.3. The Morgan fingerprint density at radius 3 is 2.40 bits per heavy atom. The van der Waals surface area contributed by atoms with Crippen LogP contribution in [-0.4, -0.2) is 26.9 Å². The van der Waals surface area contributed by atoms with E-state index in [9.17, 15) is 5.11 Å². The zero-order chi connectivity index (χ0) is 16.8. The first-order valence-electron chi connectivity index (χ1n) is 7.83. The van der Waals surface area contributed by atoms with Gasteiger partial charge in [0.15, 0.2) is 11.5 Å². The molecule has 122 valence electrons. The van der Waals surface area contributed by atoms with E-state index in [4.69, 9.17) is 9.47 Å². The molecule has 4 aromatic rings. The van der Waals surface area contributed by atoms with Crippen molar-refractivity contribution in [2.24, 2.45) is 0 Å². The molecule has 6 heteroatoms. The molecular weight excluding hydrogens is 318 g/mol. The van der Waals surface area contributed by atoms with Crippen molar-refractivity contribution in [3.05, 3.63) is 60.7 Å². The molecule has 5 rings (SSSR count). The number of fused-ring (bicyclic) bond motifs is 2. The van der Waals surface area contributed by atoms with Crippen LogP contribution in [0.2, 0.25) is 0 Å². The van der Waals surface area contributed by atoms with E-state index in [1.807, 2.05) is 36.4 Å². The second-order valence-electron chi connectivity index (χ2n) is 5.75. The molecule has 0 atom stereocenters. The standard InChI is InChI=1S/C19H13N3O3/c23-17-10-19-18(24-11-25-19)9-16(17)22-20-14-7-6-13(8-15(14)21-22)12-4-2-1-3-5-12/h1-10,23H,11H2. The van der Waals surface area contributed by atoms with Crippen molar-refractivity contribution >= 4 is 11.0 Å². The molecule has 1 N–H and O–H groups in total. The van der Waals surface area contributed by atoms with Gasteiger partial charge in [-0.3, -0.25) is 0 Å². The molecule has 0 unspecified atom stereocenters. The van der Waals surface area contributed by atoms with Crippen LogP contribution in [0.5, 0.6) is 17.2 Å². The number of benzene rings is 3. The summed E-state index contributed by atoms with van der Waals surface area (Å²) in [6.45, 7) is 0.146. The molecular formula is C19H13N3O3. The third kappa shape index (κ3) is 2.27. The van der Waals surface area contributed by atoms with E-state index >= 15 is 0 Å². The van der Waals surface area contributed by atoms with Gasteiger partial charge in [-0.05, 0) is 23.3 Å². The number of phenolic OH excluding ortho intramolecular Hbond substituents is 1. The van der Waals surface area contributed by atoms with Crippen molar-refractivity contribution in [3.8, 4) is 34.1 Å². The monoisotopic (exact) mass is 331 g/mol. The molecule has 6 nitrogen and oxygen atoms in total. The van der Waals surface area contributed by atoms with Gasteiger partial charge in [0.2, 0.25) is 6.79 Å². The van der Waals surface area contributed by atoms with Gasteiger partial charge in [0.25, 0.3) is 0 Å². The Balaban J connectivity index is 1.62. The number of rotatable bonds is 2. The minimum absolute atomic E-state index is 0.0350. The number of nitrogens with zero attached hydrogens (tertiary/aromatic N) is 3.